The Bertz CT molecular complexity index is 883. The number of benzene rings is 1. The molecule has 1 N–H and O–H groups in total. The monoisotopic (exact) mass is 263 g/mol. The van der Waals surface area contributed by atoms with Crippen molar-refractivity contribution < 1.29 is 4.42 Å². The number of aromatic nitrogens is 2. The lowest BCUT2D eigenvalue weighted by atomic mass is 10.2. The first-order chi connectivity index (χ1) is 9.78. The molecule has 2 heterocycles. The van der Waals surface area contributed by atoms with Crippen LogP contribution in [0.1, 0.15) is 11.6 Å². The van der Waals surface area contributed by atoms with Gasteiger partial charge in [-0.05, 0) is 24.3 Å². The second-order valence-electron chi connectivity index (χ2n) is 4.12. The summed E-state index contributed by atoms with van der Waals surface area (Å²) in [5.74, 6) is 0.755. The van der Waals surface area contributed by atoms with Crippen LogP contribution in [0, 0.1) is 11.3 Å². The second-order valence-corrected chi connectivity index (χ2v) is 4.12. The minimum absolute atomic E-state index is 0.229. The molecule has 1 aromatic carbocycles. The Hall–Kier alpha value is -3.13. The van der Waals surface area contributed by atoms with E-state index in [-0.39, 0.29) is 17.0 Å². The molecule has 96 valence electrons. The molecular weight excluding hydrogens is 254 g/mol. The van der Waals surface area contributed by atoms with Crippen molar-refractivity contribution in [3.05, 3.63) is 64.6 Å². The standard InChI is InChI=1S/C15H9N3O2/c16-9-10(8-11-4-3-7-20-11)14-17-13-6-2-1-5-12(13)15(19)18-14/h1-8H,(H,17,18,19). The van der Waals surface area contributed by atoms with Crippen LogP contribution in [0.3, 0.4) is 0 Å². The van der Waals surface area contributed by atoms with E-state index in [1.165, 1.54) is 12.3 Å². The van der Waals surface area contributed by atoms with Gasteiger partial charge in [0, 0.05) is 6.08 Å². The van der Waals surface area contributed by atoms with E-state index in [0.29, 0.717) is 16.7 Å². The van der Waals surface area contributed by atoms with Gasteiger partial charge in [-0.15, -0.1) is 0 Å². The van der Waals surface area contributed by atoms with Crippen molar-refractivity contribution in [2.45, 2.75) is 0 Å². The first-order valence-corrected chi connectivity index (χ1v) is 5.92. The number of para-hydroxylation sites is 1. The average molecular weight is 263 g/mol. The molecule has 0 radical (unpaired) electrons. The van der Waals surface area contributed by atoms with Crippen LogP contribution in [0.5, 0.6) is 0 Å². The summed E-state index contributed by atoms with van der Waals surface area (Å²) in [5, 5.41) is 9.71. The zero-order valence-electron chi connectivity index (χ0n) is 10.3. The highest BCUT2D eigenvalue weighted by Crippen LogP contribution is 2.15. The Kier molecular flexibility index (Phi) is 2.90. The maximum atomic E-state index is 12.0. The predicted molar refractivity (Wildman–Crippen MR) is 74.6 cm³/mol. The van der Waals surface area contributed by atoms with Gasteiger partial charge in [0.15, 0.2) is 5.82 Å². The number of nitrogens with one attached hydrogen (secondary N) is 1. The fraction of sp³-hybridized carbons (Fsp3) is 0. The number of hydrogen-bond donors (Lipinski definition) is 1. The van der Waals surface area contributed by atoms with Crippen molar-refractivity contribution in [1.29, 1.82) is 5.26 Å². The number of H-pyrrole nitrogens is 1. The number of hydrogen-bond acceptors (Lipinski definition) is 4. The van der Waals surface area contributed by atoms with Crippen molar-refractivity contribution in [2.24, 2.45) is 0 Å². The molecule has 2 aromatic heterocycles. The lowest BCUT2D eigenvalue weighted by molar-refractivity contribution is 0.557. The lowest BCUT2D eigenvalue weighted by Gasteiger charge is -2.01. The zero-order chi connectivity index (χ0) is 13.9. The van der Waals surface area contributed by atoms with Gasteiger partial charge in [0.25, 0.3) is 5.56 Å². The molecule has 0 saturated carbocycles. The topological polar surface area (TPSA) is 82.7 Å². The van der Waals surface area contributed by atoms with Crippen LogP contribution < -0.4 is 5.56 Å². The molecule has 5 nitrogen and oxygen atoms in total. The zero-order valence-corrected chi connectivity index (χ0v) is 10.3. The van der Waals surface area contributed by atoms with Crippen LogP contribution in [0.25, 0.3) is 22.6 Å². The van der Waals surface area contributed by atoms with Gasteiger partial charge in [-0.3, -0.25) is 4.79 Å². The molecule has 0 bridgehead atoms. The molecule has 0 aliphatic carbocycles. The molecule has 3 aromatic rings. The van der Waals surface area contributed by atoms with Gasteiger partial charge < -0.3 is 9.40 Å². The normalized spacial score (nSPS) is 11.4. The molecule has 0 saturated heterocycles. The van der Waals surface area contributed by atoms with E-state index in [9.17, 15) is 10.1 Å². The number of fused-ring (bicyclic) bond motifs is 1. The third-order valence-electron chi connectivity index (χ3n) is 2.82. The number of furan rings is 1. The van der Waals surface area contributed by atoms with E-state index in [4.69, 9.17) is 4.42 Å². The SMILES string of the molecule is N#CC(=Cc1ccco1)c1nc2ccccc2c(=O)[nH]1. The largest absolute Gasteiger partial charge is 0.465 e. The van der Waals surface area contributed by atoms with Crippen LogP contribution >= 0.6 is 0 Å². The molecule has 0 atom stereocenters. The third kappa shape index (κ3) is 2.10. The number of allylic oxidation sites excluding steroid dienone is 1. The summed E-state index contributed by atoms with van der Waals surface area (Å²) in [6.45, 7) is 0. The number of rotatable bonds is 2. The average Bonchev–Trinajstić information content (AvgIpc) is 2.97. The Morgan fingerprint density at radius 1 is 1.30 bits per heavy atom. The van der Waals surface area contributed by atoms with Gasteiger partial charge in [-0.25, -0.2) is 4.98 Å². The second kappa shape index (κ2) is 4.86. The van der Waals surface area contributed by atoms with E-state index in [1.54, 1.807) is 36.4 Å². The highest BCUT2D eigenvalue weighted by atomic mass is 16.3. The summed E-state index contributed by atoms with van der Waals surface area (Å²) >= 11 is 0. The molecule has 0 fully saturated rings. The lowest BCUT2D eigenvalue weighted by Crippen LogP contribution is -2.11. The minimum Gasteiger partial charge on any atom is -0.465 e. The fourth-order valence-electron chi connectivity index (χ4n) is 1.88. The summed E-state index contributed by atoms with van der Waals surface area (Å²) in [6, 6.07) is 12.4. The van der Waals surface area contributed by atoms with E-state index < -0.39 is 0 Å². The molecule has 3 rings (SSSR count). The minimum atomic E-state index is -0.272. The summed E-state index contributed by atoms with van der Waals surface area (Å²) in [6.07, 6.45) is 3.05. The van der Waals surface area contributed by atoms with Gasteiger partial charge in [-0.1, -0.05) is 12.1 Å². The number of aromatic amines is 1. The molecule has 0 amide bonds. The van der Waals surface area contributed by atoms with E-state index in [0.717, 1.165) is 0 Å². The highest BCUT2D eigenvalue weighted by Gasteiger charge is 2.08. The van der Waals surface area contributed by atoms with E-state index in [2.05, 4.69) is 9.97 Å². The van der Waals surface area contributed by atoms with E-state index in [1.807, 2.05) is 6.07 Å². The number of nitrogens with zero attached hydrogens (tertiary/aromatic N) is 2. The Morgan fingerprint density at radius 2 is 2.15 bits per heavy atom. The molecule has 0 spiro atoms. The quantitative estimate of drug-likeness (QED) is 0.720. The van der Waals surface area contributed by atoms with Gasteiger partial charge in [-0.2, -0.15) is 5.26 Å². The van der Waals surface area contributed by atoms with Gasteiger partial charge in [0.05, 0.1) is 22.7 Å². The molecule has 0 unspecified atom stereocenters. The summed E-state index contributed by atoms with van der Waals surface area (Å²) in [5.41, 5.74) is 0.515. The Labute approximate surface area is 113 Å². The molecule has 5 heteroatoms. The Morgan fingerprint density at radius 3 is 2.90 bits per heavy atom. The summed E-state index contributed by atoms with van der Waals surface area (Å²) in [7, 11) is 0. The first-order valence-electron chi connectivity index (χ1n) is 5.92. The molecular formula is C15H9N3O2. The summed E-state index contributed by atoms with van der Waals surface area (Å²) < 4.78 is 5.16. The van der Waals surface area contributed by atoms with Crippen LogP contribution in [-0.2, 0) is 0 Å². The third-order valence-corrected chi connectivity index (χ3v) is 2.82. The van der Waals surface area contributed by atoms with Crippen LogP contribution in [0.4, 0.5) is 0 Å². The number of nitriles is 1. The van der Waals surface area contributed by atoms with Crippen molar-refractivity contribution in [3.8, 4) is 6.07 Å². The van der Waals surface area contributed by atoms with Crippen molar-refractivity contribution in [3.63, 3.8) is 0 Å². The molecule has 0 aliphatic rings. The van der Waals surface area contributed by atoms with Crippen molar-refractivity contribution >= 4 is 22.6 Å². The maximum Gasteiger partial charge on any atom is 0.259 e. The van der Waals surface area contributed by atoms with Crippen molar-refractivity contribution in [2.75, 3.05) is 0 Å². The van der Waals surface area contributed by atoms with Gasteiger partial charge >= 0.3 is 0 Å². The molecule has 20 heavy (non-hydrogen) atoms. The molecule has 0 aliphatic heterocycles. The Balaban J connectivity index is 2.19. The van der Waals surface area contributed by atoms with Crippen molar-refractivity contribution in [1.82, 2.24) is 9.97 Å². The predicted octanol–water partition coefficient (Wildman–Crippen LogP) is 2.58. The van der Waals surface area contributed by atoms with Crippen LogP contribution in [0.15, 0.2) is 51.9 Å². The fourth-order valence-corrected chi connectivity index (χ4v) is 1.88. The van der Waals surface area contributed by atoms with Gasteiger partial charge in [0.2, 0.25) is 0 Å². The first kappa shape index (κ1) is 11.9. The van der Waals surface area contributed by atoms with Gasteiger partial charge in [0.1, 0.15) is 11.8 Å². The highest BCUT2D eigenvalue weighted by molar-refractivity contribution is 5.88. The smallest absolute Gasteiger partial charge is 0.259 e. The summed E-state index contributed by atoms with van der Waals surface area (Å²) in [4.78, 5) is 18.9. The van der Waals surface area contributed by atoms with Crippen LogP contribution in [-0.4, -0.2) is 9.97 Å². The maximum absolute atomic E-state index is 12.0. The van der Waals surface area contributed by atoms with Crippen LogP contribution in [0.2, 0.25) is 0 Å². The van der Waals surface area contributed by atoms with E-state index >= 15 is 0 Å².